The van der Waals surface area contributed by atoms with Gasteiger partial charge in [0.2, 0.25) is 0 Å². The summed E-state index contributed by atoms with van der Waals surface area (Å²) in [6.45, 7) is 4.10. The van der Waals surface area contributed by atoms with Crippen LogP contribution in [0.2, 0.25) is 0 Å². The van der Waals surface area contributed by atoms with Crippen molar-refractivity contribution in [3.8, 4) is 6.07 Å². The number of aromatic nitrogens is 1. The maximum Gasteiger partial charge on any atom is 0.167 e. The van der Waals surface area contributed by atoms with Crippen LogP contribution in [0.3, 0.4) is 0 Å². The van der Waals surface area contributed by atoms with Gasteiger partial charge >= 0.3 is 0 Å². The van der Waals surface area contributed by atoms with Crippen LogP contribution < -0.4 is 0 Å². The zero-order valence-electron chi connectivity index (χ0n) is 11.4. The Morgan fingerprint density at radius 2 is 2.26 bits per heavy atom. The van der Waals surface area contributed by atoms with E-state index in [1.54, 1.807) is 18.3 Å². The Labute approximate surface area is 113 Å². The molecule has 98 valence electrons. The molecule has 0 saturated heterocycles. The van der Waals surface area contributed by atoms with Gasteiger partial charge in [-0.3, -0.25) is 4.79 Å². The monoisotopic (exact) mass is 254 g/mol. The molecule has 1 aromatic heterocycles. The first-order chi connectivity index (χ1) is 9.17. The normalized spacial score (nSPS) is 12.3. The lowest BCUT2D eigenvalue weighted by Crippen LogP contribution is -2.10. The molecule has 1 atom stereocenters. The molecular weight excluding hydrogens is 236 g/mol. The topological polar surface area (TPSA) is 56.6 Å². The predicted molar refractivity (Wildman–Crippen MR) is 76.0 cm³/mol. The number of rotatable bonds is 5. The number of fused-ring (bicyclic) bond motifs is 1. The number of ketones is 1. The number of nitrogens with zero attached hydrogens (tertiary/aromatic N) is 1. The van der Waals surface area contributed by atoms with Gasteiger partial charge in [0.15, 0.2) is 5.78 Å². The maximum atomic E-state index is 12.4. The highest BCUT2D eigenvalue weighted by Gasteiger charge is 2.18. The van der Waals surface area contributed by atoms with Crippen molar-refractivity contribution in [1.82, 2.24) is 4.98 Å². The van der Waals surface area contributed by atoms with Crippen molar-refractivity contribution in [2.75, 3.05) is 0 Å². The Hall–Kier alpha value is -2.08. The molecule has 3 heteroatoms. The number of nitriles is 1. The number of carbonyl (C=O) groups excluding carboxylic acids is 1. The van der Waals surface area contributed by atoms with E-state index in [9.17, 15) is 4.79 Å². The molecule has 3 nitrogen and oxygen atoms in total. The molecule has 2 rings (SSSR count). The fourth-order valence-electron chi connectivity index (χ4n) is 2.30. The van der Waals surface area contributed by atoms with Gasteiger partial charge in [-0.15, -0.1) is 0 Å². The first-order valence-electron chi connectivity index (χ1n) is 6.72. The minimum atomic E-state index is 0.0321. The molecule has 0 radical (unpaired) electrons. The highest BCUT2D eigenvalue weighted by Crippen LogP contribution is 2.24. The van der Waals surface area contributed by atoms with Crippen LogP contribution >= 0.6 is 0 Å². The maximum absolute atomic E-state index is 12.4. The second-order valence-corrected chi connectivity index (χ2v) is 4.98. The van der Waals surface area contributed by atoms with Gasteiger partial charge in [0.25, 0.3) is 0 Å². The van der Waals surface area contributed by atoms with Gasteiger partial charge in [-0.2, -0.15) is 5.26 Å². The molecule has 0 aliphatic heterocycles. The molecule has 1 heterocycles. The van der Waals surface area contributed by atoms with Crippen molar-refractivity contribution in [3.63, 3.8) is 0 Å². The molecule has 1 aromatic carbocycles. The Morgan fingerprint density at radius 1 is 1.47 bits per heavy atom. The van der Waals surface area contributed by atoms with Crippen LogP contribution in [0.15, 0.2) is 24.4 Å². The van der Waals surface area contributed by atoms with Crippen LogP contribution in [-0.4, -0.2) is 10.8 Å². The number of H-pyrrole nitrogens is 1. The van der Waals surface area contributed by atoms with E-state index in [2.05, 4.69) is 18.0 Å². The average Bonchev–Trinajstić information content (AvgIpc) is 2.86. The summed E-state index contributed by atoms with van der Waals surface area (Å²) in [5.41, 5.74) is 2.20. The quantitative estimate of drug-likeness (QED) is 0.818. The largest absolute Gasteiger partial charge is 0.360 e. The zero-order chi connectivity index (χ0) is 13.8. The molecule has 0 amide bonds. The number of aromatic amines is 1. The fourth-order valence-corrected chi connectivity index (χ4v) is 2.30. The summed E-state index contributed by atoms with van der Waals surface area (Å²) >= 11 is 0. The lowest BCUT2D eigenvalue weighted by atomic mass is 9.94. The molecule has 0 spiro atoms. The number of hydrogen-bond donors (Lipinski definition) is 1. The minimum Gasteiger partial charge on any atom is -0.360 e. The van der Waals surface area contributed by atoms with Crippen molar-refractivity contribution in [2.45, 2.75) is 33.1 Å². The Morgan fingerprint density at radius 3 is 2.95 bits per heavy atom. The molecule has 0 fully saturated rings. The zero-order valence-corrected chi connectivity index (χ0v) is 11.4. The SMILES string of the molecule is CCCCC(C)C(=O)c1c[nH]c2ccc(C#N)cc12. The molecule has 0 aliphatic rings. The van der Waals surface area contributed by atoms with E-state index in [0.29, 0.717) is 11.1 Å². The van der Waals surface area contributed by atoms with E-state index in [1.165, 1.54) is 0 Å². The lowest BCUT2D eigenvalue weighted by Gasteiger charge is -2.08. The molecule has 0 saturated carbocycles. The Balaban J connectivity index is 2.34. The Kier molecular flexibility index (Phi) is 4.01. The number of hydrogen-bond acceptors (Lipinski definition) is 2. The molecular formula is C16H18N2O. The number of Topliss-reactive ketones (excluding diaryl/α,β-unsaturated/α-hetero) is 1. The summed E-state index contributed by atoms with van der Waals surface area (Å²) in [4.78, 5) is 15.5. The van der Waals surface area contributed by atoms with Crippen molar-refractivity contribution >= 4 is 16.7 Å². The molecule has 2 aromatic rings. The second-order valence-electron chi connectivity index (χ2n) is 4.98. The van der Waals surface area contributed by atoms with E-state index < -0.39 is 0 Å². The van der Waals surface area contributed by atoms with Crippen molar-refractivity contribution in [2.24, 2.45) is 5.92 Å². The molecule has 0 bridgehead atoms. The highest BCUT2D eigenvalue weighted by molar-refractivity contribution is 6.09. The standard InChI is InChI=1S/C16H18N2O/c1-3-4-5-11(2)16(19)14-10-18-15-7-6-12(9-17)8-13(14)15/h6-8,10-11,18H,3-5H2,1-2H3. The lowest BCUT2D eigenvalue weighted by molar-refractivity contribution is 0.0924. The number of benzene rings is 1. The van der Waals surface area contributed by atoms with Gasteiger partial charge in [-0.05, 0) is 24.6 Å². The van der Waals surface area contributed by atoms with Gasteiger partial charge < -0.3 is 4.98 Å². The Bertz CT molecular complexity index is 634. The van der Waals surface area contributed by atoms with Crippen LogP contribution in [-0.2, 0) is 0 Å². The minimum absolute atomic E-state index is 0.0321. The predicted octanol–water partition coefficient (Wildman–Crippen LogP) is 4.05. The third-order valence-corrected chi connectivity index (χ3v) is 3.51. The van der Waals surface area contributed by atoms with Crippen molar-refractivity contribution in [3.05, 3.63) is 35.5 Å². The van der Waals surface area contributed by atoms with Gasteiger partial charge in [0, 0.05) is 28.6 Å². The number of nitrogens with one attached hydrogen (secondary N) is 1. The van der Waals surface area contributed by atoms with E-state index in [4.69, 9.17) is 5.26 Å². The van der Waals surface area contributed by atoms with E-state index in [0.717, 1.165) is 30.2 Å². The van der Waals surface area contributed by atoms with Gasteiger partial charge in [-0.25, -0.2) is 0 Å². The highest BCUT2D eigenvalue weighted by atomic mass is 16.1. The van der Waals surface area contributed by atoms with E-state index >= 15 is 0 Å². The van der Waals surface area contributed by atoms with E-state index in [-0.39, 0.29) is 11.7 Å². The third-order valence-electron chi connectivity index (χ3n) is 3.51. The molecule has 1 unspecified atom stereocenters. The van der Waals surface area contributed by atoms with Crippen molar-refractivity contribution < 1.29 is 4.79 Å². The molecule has 0 aliphatic carbocycles. The average molecular weight is 254 g/mol. The number of carbonyl (C=O) groups is 1. The van der Waals surface area contributed by atoms with Gasteiger partial charge in [0.05, 0.1) is 11.6 Å². The van der Waals surface area contributed by atoms with Crippen LogP contribution in [0.4, 0.5) is 0 Å². The van der Waals surface area contributed by atoms with Crippen LogP contribution in [0.5, 0.6) is 0 Å². The fraction of sp³-hybridized carbons (Fsp3) is 0.375. The van der Waals surface area contributed by atoms with Crippen LogP contribution in [0.1, 0.15) is 49.0 Å². The smallest absolute Gasteiger partial charge is 0.167 e. The summed E-state index contributed by atoms with van der Waals surface area (Å²) in [7, 11) is 0. The first-order valence-corrected chi connectivity index (χ1v) is 6.72. The number of unbranched alkanes of at least 4 members (excludes halogenated alkanes) is 1. The second kappa shape index (κ2) is 5.71. The van der Waals surface area contributed by atoms with E-state index in [1.807, 2.05) is 13.0 Å². The molecule has 19 heavy (non-hydrogen) atoms. The summed E-state index contributed by atoms with van der Waals surface area (Å²) in [6, 6.07) is 7.50. The summed E-state index contributed by atoms with van der Waals surface area (Å²) in [6.07, 6.45) is 4.85. The van der Waals surface area contributed by atoms with Gasteiger partial charge in [0.1, 0.15) is 0 Å². The summed E-state index contributed by atoms with van der Waals surface area (Å²) in [5.74, 6) is 0.194. The first kappa shape index (κ1) is 13.4. The van der Waals surface area contributed by atoms with Crippen LogP contribution in [0, 0.1) is 17.2 Å². The molecule has 1 N–H and O–H groups in total. The van der Waals surface area contributed by atoms with Gasteiger partial charge in [-0.1, -0.05) is 26.7 Å². The summed E-state index contributed by atoms with van der Waals surface area (Å²) < 4.78 is 0. The van der Waals surface area contributed by atoms with Crippen LogP contribution in [0.25, 0.3) is 10.9 Å². The van der Waals surface area contributed by atoms with Crippen molar-refractivity contribution in [1.29, 1.82) is 5.26 Å². The summed E-state index contributed by atoms with van der Waals surface area (Å²) in [5, 5.41) is 9.80. The third kappa shape index (κ3) is 2.68.